The number of rotatable bonds is 7. The molecule has 2 aromatic rings. The lowest BCUT2D eigenvalue weighted by Gasteiger charge is -2.43. The number of fused-ring (bicyclic) bond motifs is 4. The molecule has 1 amide bonds. The fraction of sp³-hybridized carbons (Fsp3) is 0.591. The highest BCUT2D eigenvalue weighted by Gasteiger charge is 2.36. The first kappa shape index (κ1) is 20.8. The van der Waals surface area contributed by atoms with Crippen molar-refractivity contribution in [2.75, 3.05) is 33.9 Å². The zero-order valence-electron chi connectivity index (χ0n) is 18.0. The highest BCUT2D eigenvalue weighted by molar-refractivity contribution is 5.76. The number of hydrogen-bond acceptors (Lipinski definition) is 6. The minimum Gasteiger partial charge on any atom is -0.384 e. The predicted molar refractivity (Wildman–Crippen MR) is 111 cm³/mol. The van der Waals surface area contributed by atoms with E-state index in [4.69, 9.17) is 9.26 Å². The summed E-state index contributed by atoms with van der Waals surface area (Å²) in [4.78, 5) is 29.7. The molecule has 30 heavy (non-hydrogen) atoms. The van der Waals surface area contributed by atoms with Crippen molar-refractivity contribution in [3.63, 3.8) is 0 Å². The lowest BCUT2D eigenvalue weighted by Crippen LogP contribution is -2.49. The molecule has 4 heterocycles. The molecule has 4 rings (SSSR count). The van der Waals surface area contributed by atoms with Crippen LogP contribution in [0.25, 0.3) is 0 Å². The fourth-order valence-corrected chi connectivity index (χ4v) is 4.78. The van der Waals surface area contributed by atoms with Crippen LogP contribution in [0.1, 0.15) is 41.5 Å². The summed E-state index contributed by atoms with van der Waals surface area (Å²) in [6.45, 7) is 5.59. The Kier molecular flexibility index (Phi) is 6.06. The van der Waals surface area contributed by atoms with Crippen LogP contribution in [0.3, 0.4) is 0 Å². The van der Waals surface area contributed by atoms with Crippen molar-refractivity contribution in [3.8, 4) is 0 Å². The third kappa shape index (κ3) is 4.34. The van der Waals surface area contributed by atoms with E-state index in [1.807, 2.05) is 35.6 Å². The van der Waals surface area contributed by atoms with E-state index in [-0.39, 0.29) is 17.4 Å². The topological polar surface area (TPSA) is 80.8 Å². The van der Waals surface area contributed by atoms with Gasteiger partial charge in [0.15, 0.2) is 0 Å². The molecule has 2 bridgehead atoms. The molecule has 0 radical (unpaired) electrons. The molecule has 0 aliphatic carbocycles. The van der Waals surface area contributed by atoms with Gasteiger partial charge in [-0.2, -0.15) is 0 Å². The third-order valence-electron chi connectivity index (χ3n) is 6.10. The summed E-state index contributed by atoms with van der Waals surface area (Å²) in [5.74, 6) is 1.48. The lowest BCUT2D eigenvalue weighted by atomic mass is 9.83. The van der Waals surface area contributed by atoms with Crippen molar-refractivity contribution in [2.45, 2.75) is 45.3 Å². The number of aromatic nitrogens is 2. The van der Waals surface area contributed by atoms with Crippen LogP contribution in [0.5, 0.6) is 0 Å². The highest BCUT2D eigenvalue weighted by Crippen LogP contribution is 2.35. The van der Waals surface area contributed by atoms with Gasteiger partial charge in [0.2, 0.25) is 5.91 Å². The van der Waals surface area contributed by atoms with Crippen LogP contribution >= 0.6 is 0 Å². The van der Waals surface area contributed by atoms with Crippen LogP contribution in [0.2, 0.25) is 0 Å². The number of ether oxygens (including phenoxy) is 1. The number of nitrogens with zero attached hydrogens (tertiary/aromatic N) is 4. The number of likely N-dealkylation sites (tertiary alicyclic amines) is 1. The zero-order valence-corrected chi connectivity index (χ0v) is 18.0. The number of pyridine rings is 1. The van der Waals surface area contributed by atoms with Crippen LogP contribution in [0, 0.1) is 12.8 Å². The molecule has 0 spiro atoms. The first-order chi connectivity index (χ1) is 14.4. The highest BCUT2D eigenvalue weighted by atomic mass is 16.5. The number of piperidine rings is 1. The van der Waals surface area contributed by atoms with Crippen LogP contribution < -0.4 is 5.56 Å². The Bertz CT molecular complexity index is 966. The van der Waals surface area contributed by atoms with E-state index >= 15 is 0 Å². The second-order valence-electron chi connectivity index (χ2n) is 8.64. The van der Waals surface area contributed by atoms with Crippen LogP contribution in [-0.4, -0.2) is 59.3 Å². The number of hydrogen-bond donors (Lipinski definition) is 0. The average molecular weight is 415 g/mol. The second-order valence-corrected chi connectivity index (χ2v) is 8.64. The lowest BCUT2D eigenvalue weighted by molar-refractivity contribution is -0.134. The van der Waals surface area contributed by atoms with Gasteiger partial charge in [-0.25, -0.2) is 0 Å². The van der Waals surface area contributed by atoms with Gasteiger partial charge in [-0.05, 0) is 32.4 Å². The molecule has 2 aliphatic rings. The maximum Gasteiger partial charge on any atom is 0.255 e. The molecule has 2 atom stereocenters. The first-order valence-corrected chi connectivity index (χ1v) is 10.5. The standard InChI is InChI=1S/C22H30N4O4/c1-15-8-19(23-30-15)14-24(2)12-17-4-5-20-18-9-16(11-26(20)22(17)28)10-25(13-18)21(27)6-7-29-3/h4-5,8,16,18H,6-7,9-14H2,1-3H3/t16-,18+/m0/s1. The largest absolute Gasteiger partial charge is 0.384 e. The minimum absolute atomic E-state index is 0.0875. The van der Waals surface area contributed by atoms with Crippen LogP contribution in [0.15, 0.2) is 27.5 Å². The number of carbonyl (C=O) groups is 1. The summed E-state index contributed by atoms with van der Waals surface area (Å²) >= 11 is 0. The van der Waals surface area contributed by atoms with E-state index in [9.17, 15) is 9.59 Å². The maximum absolute atomic E-state index is 13.2. The average Bonchev–Trinajstić information content (AvgIpc) is 3.12. The molecule has 0 N–H and O–H groups in total. The zero-order chi connectivity index (χ0) is 21.3. The fourth-order valence-electron chi connectivity index (χ4n) is 4.78. The normalized spacial score (nSPS) is 20.5. The molecule has 8 nitrogen and oxygen atoms in total. The van der Waals surface area contributed by atoms with Gasteiger partial charge in [0, 0.05) is 63.1 Å². The minimum atomic E-state index is 0.0875. The van der Waals surface area contributed by atoms with Crippen LogP contribution in [0.4, 0.5) is 0 Å². The molecule has 1 saturated heterocycles. The molecule has 162 valence electrons. The van der Waals surface area contributed by atoms with Gasteiger partial charge in [-0.3, -0.25) is 14.5 Å². The van der Waals surface area contributed by atoms with Gasteiger partial charge in [-0.15, -0.1) is 0 Å². The summed E-state index contributed by atoms with van der Waals surface area (Å²) in [5.41, 5.74) is 2.79. The molecular formula is C22H30N4O4. The SMILES string of the molecule is COCCC(=O)N1C[C@@H]2C[C@H](C1)c1ccc(CN(C)Cc3cc(C)on3)c(=O)n1C2. The van der Waals surface area contributed by atoms with Crippen molar-refractivity contribution in [3.05, 3.63) is 51.3 Å². The van der Waals surface area contributed by atoms with Crippen molar-refractivity contribution in [1.29, 1.82) is 0 Å². The van der Waals surface area contributed by atoms with Gasteiger partial charge in [0.1, 0.15) is 5.76 Å². The van der Waals surface area contributed by atoms with Crippen molar-refractivity contribution in [2.24, 2.45) is 5.92 Å². The quantitative estimate of drug-likeness (QED) is 0.687. The second kappa shape index (κ2) is 8.73. The van der Waals surface area contributed by atoms with E-state index < -0.39 is 0 Å². The predicted octanol–water partition coefficient (Wildman–Crippen LogP) is 1.76. The van der Waals surface area contributed by atoms with Gasteiger partial charge >= 0.3 is 0 Å². The van der Waals surface area contributed by atoms with Crippen molar-refractivity contribution < 1.29 is 14.1 Å². The number of methoxy groups -OCH3 is 1. The van der Waals surface area contributed by atoms with Crippen LogP contribution in [-0.2, 0) is 29.2 Å². The maximum atomic E-state index is 13.2. The summed E-state index contributed by atoms with van der Waals surface area (Å²) in [5, 5.41) is 4.03. The first-order valence-electron chi connectivity index (χ1n) is 10.5. The van der Waals surface area contributed by atoms with Gasteiger partial charge in [-0.1, -0.05) is 11.2 Å². The van der Waals surface area contributed by atoms with E-state index in [0.717, 1.165) is 35.7 Å². The third-order valence-corrected chi connectivity index (χ3v) is 6.10. The summed E-state index contributed by atoms with van der Waals surface area (Å²) < 4.78 is 12.1. The number of aryl methyl sites for hydroxylation is 1. The molecule has 1 fully saturated rings. The monoisotopic (exact) mass is 414 g/mol. The van der Waals surface area contributed by atoms with E-state index in [0.29, 0.717) is 45.1 Å². The molecular weight excluding hydrogens is 384 g/mol. The summed E-state index contributed by atoms with van der Waals surface area (Å²) in [7, 11) is 3.59. The number of amides is 1. The number of carbonyl (C=O) groups excluding carboxylic acids is 1. The Balaban J connectivity index is 1.47. The van der Waals surface area contributed by atoms with Gasteiger partial charge in [0.05, 0.1) is 18.7 Å². The van der Waals surface area contributed by atoms with Crippen molar-refractivity contribution >= 4 is 5.91 Å². The molecule has 8 heteroatoms. The van der Waals surface area contributed by atoms with Gasteiger partial charge < -0.3 is 18.7 Å². The Morgan fingerprint density at radius 3 is 2.87 bits per heavy atom. The molecule has 0 saturated carbocycles. The van der Waals surface area contributed by atoms with Gasteiger partial charge in [0.25, 0.3) is 5.56 Å². The Labute approximate surface area is 176 Å². The summed E-state index contributed by atoms with van der Waals surface area (Å²) in [6.07, 6.45) is 1.46. The molecule has 2 aliphatic heterocycles. The van der Waals surface area contributed by atoms with E-state index in [2.05, 4.69) is 16.1 Å². The Morgan fingerprint density at radius 2 is 2.13 bits per heavy atom. The molecule has 0 unspecified atom stereocenters. The van der Waals surface area contributed by atoms with Crippen molar-refractivity contribution in [1.82, 2.24) is 19.5 Å². The molecule has 0 aromatic carbocycles. The Morgan fingerprint density at radius 1 is 1.30 bits per heavy atom. The summed E-state index contributed by atoms with van der Waals surface area (Å²) in [6, 6.07) is 5.94. The smallest absolute Gasteiger partial charge is 0.255 e. The molecule has 2 aromatic heterocycles. The Hall–Kier alpha value is -2.45. The van der Waals surface area contributed by atoms with E-state index in [1.165, 1.54) is 0 Å². The van der Waals surface area contributed by atoms with E-state index in [1.54, 1.807) is 7.11 Å².